The van der Waals surface area contributed by atoms with Gasteiger partial charge in [0.05, 0.1) is 19.1 Å². The monoisotopic (exact) mass is 503 g/mol. The normalized spacial score (nSPS) is 12.2. The summed E-state index contributed by atoms with van der Waals surface area (Å²) in [6, 6.07) is 15.6. The van der Waals surface area contributed by atoms with Crippen molar-refractivity contribution in [1.29, 1.82) is 0 Å². The molecule has 0 saturated carbocycles. The van der Waals surface area contributed by atoms with Crippen LogP contribution in [0.2, 0.25) is 0 Å². The number of hydrogen-bond acceptors (Lipinski definition) is 5. The van der Waals surface area contributed by atoms with Crippen molar-refractivity contribution >= 4 is 27.5 Å². The number of rotatable bonds is 13. The third-order valence-corrected chi connectivity index (χ3v) is 6.75. The van der Waals surface area contributed by atoms with Crippen LogP contribution in [-0.4, -0.2) is 57.6 Å². The Kier molecular flexibility index (Phi) is 10.6. The highest BCUT2D eigenvalue weighted by atomic mass is 32.2. The fraction of sp³-hybridized carbons (Fsp3) is 0.462. The first-order valence-corrected chi connectivity index (χ1v) is 13.6. The number of methoxy groups -OCH3 is 1. The first-order chi connectivity index (χ1) is 16.5. The summed E-state index contributed by atoms with van der Waals surface area (Å²) in [6.07, 6.45) is 1.56. The first kappa shape index (κ1) is 28.2. The summed E-state index contributed by atoms with van der Waals surface area (Å²) in [5.41, 5.74) is 1.42. The molecule has 2 amide bonds. The van der Waals surface area contributed by atoms with Crippen LogP contribution >= 0.6 is 0 Å². The average Bonchev–Trinajstić information content (AvgIpc) is 2.83. The van der Waals surface area contributed by atoms with Gasteiger partial charge in [0.25, 0.3) is 0 Å². The van der Waals surface area contributed by atoms with E-state index in [2.05, 4.69) is 5.32 Å². The Morgan fingerprint density at radius 1 is 1.00 bits per heavy atom. The molecule has 8 nitrogen and oxygen atoms in total. The summed E-state index contributed by atoms with van der Waals surface area (Å²) in [5, 5.41) is 2.90. The van der Waals surface area contributed by atoms with Crippen molar-refractivity contribution < 1.29 is 22.7 Å². The number of carbonyl (C=O) groups is 2. The Morgan fingerprint density at radius 3 is 2.17 bits per heavy atom. The highest BCUT2D eigenvalue weighted by molar-refractivity contribution is 7.92. The maximum atomic E-state index is 13.2. The number of amides is 2. The maximum Gasteiger partial charge on any atom is 0.242 e. The molecule has 0 aliphatic carbocycles. The fourth-order valence-electron chi connectivity index (χ4n) is 3.57. The lowest BCUT2D eigenvalue weighted by molar-refractivity contribution is -0.140. The molecule has 0 fully saturated rings. The van der Waals surface area contributed by atoms with Gasteiger partial charge in [-0.3, -0.25) is 13.9 Å². The number of carbonyl (C=O) groups excluding carboxylic acids is 2. The minimum atomic E-state index is -3.55. The second-order valence-corrected chi connectivity index (χ2v) is 10.9. The number of sulfonamides is 1. The Bertz CT molecular complexity index is 1060. The van der Waals surface area contributed by atoms with E-state index in [0.717, 1.165) is 11.8 Å². The summed E-state index contributed by atoms with van der Waals surface area (Å²) in [5.74, 6) is 0.506. The molecule has 1 N–H and O–H groups in total. The molecule has 0 bridgehead atoms. The number of nitrogens with one attached hydrogen (secondary N) is 1. The highest BCUT2D eigenvalue weighted by Crippen LogP contribution is 2.22. The molecule has 2 aromatic rings. The molecule has 35 heavy (non-hydrogen) atoms. The van der Waals surface area contributed by atoms with Crippen LogP contribution in [0.1, 0.15) is 39.2 Å². The number of anilines is 1. The molecule has 0 saturated heterocycles. The Hall–Kier alpha value is -3.07. The molecule has 0 heterocycles. The van der Waals surface area contributed by atoms with Gasteiger partial charge in [0.15, 0.2) is 0 Å². The fourth-order valence-corrected chi connectivity index (χ4v) is 4.53. The zero-order valence-corrected chi connectivity index (χ0v) is 22.0. The van der Waals surface area contributed by atoms with Crippen LogP contribution in [0, 0.1) is 5.92 Å². The van der Waals surface area contributed by atoms with Crippen LogP contribution in [0.25, 0.3) is 0 Å². The van der Waals surface area contributed by atoms with Crippen LogP contribution < -0.4 is 14.4 Å². The molecule has 0 aromatic heterocycles. The van der Waals surface area contributed by atoms with Crippen molar-refractivity contribution in [3.05, 3.63) is 60.2 Å². The van der Waals surface area contributed by atoms with E-state index in [1.807, 2.05) is 44.2 Å². The van der Waals surface area contributed by atoms with Crippen molar-refractivity contribution in [2.45, 2.75) is 46.2 Å². The predicted molar refractivity (Wildman–Crippen MR) is 139 cm³/mol. The number of ether oxygens (including phenoxy) is 1. The van der Waals surface area contributed by atoms with Crippen LogP contribution in [0.15, 0.2) is 54.6 Å². The summed E-state index contributed by atoms with van der Waals surface area (Å²) in [6.45, 7) is 6.70. The molecule has 1 atom stereocenters. The largest absolute Gasteiger partial charge is 0.497 e. The van der Waals surface area contributed by atoms with E-state index in [-0.39, 0.29) is 24.8 Å². The highest BCUT2D eigenvalue weighted by Gasteiger charge is 2.26. The Morgan fingerprint density at radius 2 is 1.63 bits per heavy atom. The van der Waals surface area contributed by atoms with Crippen LogP contribution in [0.3, 0.4) is 0 Å². The van der Waals surface area contributed by atoms with Gasteiger partial charge in [-0.1, -0.05) is 44.2 Å². The number of hydrogen-bond donors (Lipinski definition) is 1. The van der Waals surface area contributed by atoms with E-state index in [1.54, 1.807) is 43.2 Å². The van der Waals surface area contributed by atoms with E-state index >= 15 is 0 Å². The average molecular weight is 504 g/mol. The van der Waals surface area contributed by atoms with Gasteiger partial charge in [-0.05, 0) is 49.1 Å². The molecule has 0 aliphatic rings. The zero-order valence-electron chi connectivity index (χ0n) is 21.2. The third kappa shape index (κ3) is 8.90. The minimum absolute atomic E-state index is 0.108. The van der Waals surface area contributed by atoms with Crippen LogP contribution in [0.4, 0.5) is 5.69 Å². The molecule has 0 aliphatic heterocycles. The predicted octanol–water partition coefficient (Wildman–Crippen LogP) is 3.43. The lowest BCUT2D eigenvalue weighted by Gasteiger charge is -2.29. The molecule has 192 valence electrons. The Balaban J connectivity index is 2.12. The smallest absolute Gasteiger partial charge is 0.242 e. The molecule has 0 spiro atoms. The van der Waals surface area contributed by atoms with Crippen LogP contribution in [-0.2, 0) is 26.2 Å². The molecule has 2 aromatic carbocycles. The summed E-state index contributed by atoms with van der Waals surface area (Å²) in [4.78, 5) is 27.5. The minimum Gasteiger partial charge on any atom is -0.497 e. The van der Waals surface area contributed by atoms with E-state index in [1.165, 1.54) is 4.31 Å². The van der Waals surface area contributed by atoms with Gasteiger partial charge in [0, 0.05) is 26.1 Å². The quantitative estimate of drug-likeness (QED) is 0.452. The van der Waals surface area contributed by atoms with Gasteiger partial charge in [-0.25, -0.2) is 8.42 Å². The molecule has 2 rings (SSSR count). The molecular formula is C26H37N3O5S. The third-order valence-electron chi connectivity index (χ3n) is 5.56. The van der Waals surface area contributed by atoms with Crippen molar-refractivity contribution in [2.75, 3.05) is 30.8 Å². The summed E-state index contributed by atoms with van der Waals surface area (Å²) >= 11 is 0. The molecule has 9 heteroatoms. The SMILES string of the molecule is COc1ccc(N(CCCC(=O)N(Cc2ccccc2)C(C)C(=O)NCC(C)C)S(C)(=O)=O)cc1. The van der Waals surface area contributed by atoms with Gasteiger partial charge < -0.3 is 15.0 Å². The van der Waals surface area contributed by atoms with Gasteiger partial charge in [0.2, 0.25) is 21.8 Å². The first-order valence-electron chi connectivity index (χ1n) is 11.8. The van der Waals surface area contributed by atoms with Crippen molar-refractivity contribution in [2.24, 2.45) is 5.92 Å². The summed E-state index contributed by atoms with van der Waals surface area (Å²) < 4.78 is 31.2. The standard InChI is InChI=1S/C26H37N3O5S/c1-20(2)18-27-26(31)21(3)28(19-22-10-7-6-8-11-22)25(30)12-9-17-29(35(5,32)33)23-13-15-24(34-4)16-14-23/h6-8,10-11,13-16,20-21H,9,12,17-19H2,1-5H3,(H,27,31). The van der Waals surface area contributed by atoms with Gasteiger partial charge in [-0.15, -0.1) is 0 Å². The topological polar surface area (TPSA) is 96.0 Å². The van der Waals surface area contributed by atoms with Crippen molar-refractivity contribution in [1.82, 2.24) is 10.2 Å². The lowest BCUT2D eigenvalue weighted by atomic mass is 10.1. The number of nitrogens with zero attached hydrogens (tertiary/aromatic N) is 2. The van der Waals surface area contributed by atoms with Crippen molar-refractivity contribution in [3.8, 4) is 5.75 Å². The molecule has 0 radical (unpaired) electrons. The summed E-state index contributed by atoms with van der Waals surface area (Å²) in [7, 11) is -2.00. The van der Waals surface area contributed by atoms with Crippen LogP contribution in [0.5, 0.6) is 5.75 Å². The maximum absolute atomic E-state index is 13.2. The van der Waals surface area contributed by atoms with E-state index in [4.69, 9.17) is 4.74 Å². The molecular weight excluding hydrogens is 466 g/mol. The zero-order chi connectivity index (χ0) is 26.0. The second kappa shape index (κ2) is 13.1. The van der Waals surface area contributed by atoms with E-state index in [0.29, 0.717) is 36.9 Å². The number of benzene rings is 2. The Labute approximate surface area is 209 Å². The lowest BCUT2D eigenvalue weighted by Crippen LogP contribution is -2.48. The van der Waals surface area contributed by atoms with Gasteiger partial charge in [-0.2, -0.15) is 0 Å². The van der Waals surface area contributed by atoms with E-state index in [9.17, 15) is 18.0 Å². The van der Waals surface area contributed by atoms with Gasteiger partial charge in [0.1, 0.15) is 11.8 Å². The molecule has 1 unspecified atom stereocenters. The van der Waals surface area contributed by atoms with Crippen molar-refractivity contribution in [3.63, 3.8) is 0 Å². The van der Waals surface area contributed by atoms with E-state index < -0.39 is 16.1 Å². The van der Waals surface area contributed by atoms with Gasteiger partial charge >= 0.3 is 0 Å². The second-order valence-electron chi connectivity index (χ2n) is 8.96.